The first kappa shape index (κ1) is 11.0. The van der Waals surface area contributed by atoms with E-state index in [0.717, 1.165) is 0 Å². The van der Waals surface area contributed by atoms with Crippen LogP contribution in [-0.4, -0.2) is 18.0 Å². The summed E-state index contributed by atoms with van der Waals surface area (Å²) >= 11 is 0. The average Bonchev–Trinajstić information content (AvgIpc) is 1.97. The molecule has 0 rings (SSSR count). The van der Waals surface area contributed by atoms with Crippen LogP contribution >= 0.6 is 7.82 Å². The molecule has 6 nitrogen and oxygen atoms in total. The summed E-state index contributed by atoms with van der Waals surface area (Å²) < 4.78 is 19.2. The molecule has 0 aliphatic rings. The van der Waals surface area contributed by atoms with Crippen LogP contribution < -0.4 is 11.0 Å². The Labute approximate surface area is 65.4 Å². The molecule has 0 unspecified atom stereocenters. The molecule has 11 heavy (non-hydrogen) atoms. The zero-order chi connectivity index (χ0) is 8.74. The van der Waals surface area contributed by atoms with Crippen molar-refractivity contribution in [2.75, 3.05) is 13.1 Å². The maximum absolute atomic E-state index is 10.7. The molecule has 68 valence electrons. The minimum absolute atomic E-state index is 0.431. The van der Waals surface area contributed by atoms with Crippen LogP contribution in [0.4, 0.5) is 0 Å². The van der Waals surface area contributed by atoms with E-state index in [-0.39, 0.29) is 0 Å². The fourth-order valence-electron chi connectivity index (χ4n) is 0.311. The molecule has 0 amide bonds. The van der Waals surface area contributed by atoms with Crippen LogP contribution in [0, 0.1) is 0 Å². The Morgan fingerprint density at radius 1 is 1.27 bits per heavy atom. The minimum atomic E-state index is -3.95. The van der Waals surface area contributed by atoms with Gasteiger partial charge < -0.3 is 4.89 Å². The lowest BCUT2D eigenvalue weighted by Gasteiger charge is -2.10. The maximum atomic E-state index is 10.7. The lowest BCUT2D eigenvalue weighted by atomic mass is 10.8. The van der Waals surface area contributed by atoms with Crippen LogP contribution in [0.2, 0.25) is 0 Å². The van der Waals surface area contributed by atoms with Crippen molar-refractivity contribution in [2.24, 2.45) is 0 Å². The normalized spacial score (nSPS) is 11.9. The first-order chi connectivity index (χ1) is 5.12. The summed E-state index contributed by atoms with van der Waals surface area (Å²) in [7, 11) is -3.95. The standard InChI is InChI=1S/C4H13N2O4P/c1-3-5-9-11(7,8)10-6-4-2/h5-6H,3-4H2,1-2H3,(H,7,8). The van der Waals surface area contributed by atoms with Crippen LogP contribution in [0.15, 0.2) is 0 Å². The molecule has 0 aliphatic heterocycles. The molecule has 0 saturated heterocycles. The quantitative estimate of drug-likeness (QED) is 0.403. The molecule has 0 aliphatic carbocycles. The van der Waals surface area contributed by atoms with E-state index in [0.29, 0.717) is 13.1 Å². The van der Waals surface area contributed by atoms with Crippen LogP contribution in [0.1, 0.15) is 13.8 Å². The van der Waals surface area contributed by atoms with Gasteiger partial charge in [-0.3, -0.25) is 0 Å². The summed E-state index contributed by atoms with van der Waals surface area (Å²) in [5.41, 5.74) is 4.44. The maximum Gasteiger partial charge on any atom is 0.505 e. The van der Waals surface area contributed by atoms with Crippen molar-refractivity contribution in [2.45, 2.75) is 13.8 Å². The predicted molar refractivity (Wildman–Crippen MR) is 39.3 cm³/mol. The predicted octanol–water partition coefficient (Wildman–Crippen LogP) is 0.169. The van der Waals surface area contributed by atoms with Crippen molar-refractivity contribution < 1.29 is 18.7 Å². The highest BCUT2D eigenvalue weighted by Gasteiger charge is 2.20. The number of hydrogen-bond donors (Lipinski definition) is 3. The van der Waals surface area contributed by atoms with E-state index < -0.39 is 7.82 Å². The van der Waals surface area contributed by atoms with Gasteiger partial charge in [0.05, 0.1) is 0 Å². The van der Waals surface area contributed by atoms with E-state index in [4.69, 9.17) is 4.89 Å². The fourth-order valence-corrected chi connectivity index (χ4v) is 0.933. The van der Waals surface area contributed by atoms with E-state index in [2.05, 4.69) is 20.2 Å². The van der Waals surface area contributed by atoms with Crippen LogP contribution in [-0.2, 0) is 13.8 Å². The Bertz CT molecular complexity index is 130. The van der Waals surface area contributed by atoms with Crippen molar-refractivity contribution in [3.8, 4) is 0 Å². The van der Waals surface area contributed by atoms with Gasteiger partial charge in [-0.15, -0.1) is 0 Å². The van der Waals surface area contributed by atoms with Gasteiger partial charge in [0.15, 0.2) is 0 Å². The number of hydroxylamine groups is 2. The monoisotopic (exact) mass is 184 g/mol. The first-order valence-electron chi connectivity index (χ1n) is 3.28. The lowest BCUT2D eigenvalue weighted by Crippen LogP contribution is -2.17. The molecule has 0 heterocycles. The van der Waals surface area contributed by atoms with Crippen LogP contribution in [0.25, 0.3) is 0 Å². The smallest absolute Gasteiger partial charge is 0.301 e. The summed E-state index contributed by atoms with van der Waals surface area (Å²) in [5, 5.41) is 0. The Morgan fingerprint density at radius 2 is 1.64 bits per heavy atom. The number of hydrogen-bond acceptors (Lipinski definition) is 5. The third-order valence-electron chi connectivity index (χ3n) is 0.648. The van der Waals surface area contributed by atoms with Gasteiger partial charge in [-0.05, 0) is 0 Å². The summed E-state index contributed by atoms with van der Waals surface area (Å²) in [5.74, 6) is 0. The zero-order valence-electron chi connectivity index (χ0n) is 6.53. The average molecular weight is 184 g/mol. The van der Waals surface area contributed by atoms with Gasteiger partial charge in [0.25, 0.3) is 0 Å². The highest BCUT2D eigenvalue weighted by molar-refractivity contribution is 7.47. The van der Waals surface area contributed by atoms with E-state index >= 15 is 0 Å². The van der Waals surface area contributed by atoms with E-state index in [9.17, 15) is 4.57 Å². The molecular weight excluding hydrogens is 171 g/mol. The van der Waals surface area contributed by atoms with E-state index in [1.807, 2.05) is 0 Å². The van der Waals surface area contributed by atoms with Crippen molar-refractivity contribution in [1.29, 1.82) is 0 Å². The molecule has 0 aromatic heterocycles. The first-order valence-corrected chi connectivity index (χ1v) is 4.77. The summed E-state index contributed by atoms with van der Waals surface area (Å²) in [6, 6.07) is 0. The van der Waals surface area contributed by atoms with Crippen molar-refractivity contribution in [1.82, 2.24) is 11.0 Å². The summed E-state index contributed by atoms with van der Waals surface area (Å²) in [6.07, 6.45) is 0. The van der Waals surface area contributed by atoms with Gasteiger partial charge in [-0.2, -0.15) is 20.2 Å². The minimum Gasteiger partial charge on any atom is -0.301 e. The second kappa shape index (κ2) is 5.65. The van der Waals surface area contributed by atoms with Gasteiger partial charge in [-0.1, -0.05) is 13.8 Å². The van der Waals surface area contributed by atoms with Crippen LogP contribution in [0.5, 0.6) is 0 Å². The third kappa shape index (κ3) is 6.43. The molecule has 0 aromatic carbocycles. The molecule has 0 fully saturated rings. The summed E-state index contributed by atoms with van der Waals surface area (Å²) in [4.78, 5) is 8.76. The molecule has 0 saturated carbocycles. The topological polar surface area (TPSA) is 79.8 Å². The Hall–Kier alpha value is 0.0300. The molecule has 0 bridgehead atoms. The fraction of sp³-hybridized carbons (Fsp3) is 1.00. The second-order valence-corrected chi connectivity index (χ2v) is 2.95. The number of rotatable bonds is 6. The number of nitrogens with one attached hydrogen (secondary N) is 2. The van der Waals surface area contributed by atoms with Crippen molar-refractivity contribution in [3.63, 3.8) is 0 Å². The second-order valence-electron chi connectivity index (χ2n) is 1.65. The van der Waals surface area contributed by atoms with Crippen molar-refractivity contribution in [3.05, 3.63) is 0 Å². The third-order valence-corrected chi connectivity index (χ3v) is 1.37. The van der Waals surface area contributed by atoms with E-state index in [1.165, 1.54) is 0 Å². The van der Waals surface area contributed by atoms with Crippen LogP contribution in [0.3, 0.4) is 0 Å². The Kier molecular flexibility index (Phi) is 5.67. The number of phosphoric acid groups is 1. The Morgan fingerprint density at radius 3 is 1.91 bits per heavy atom. The molecule has 0 atom stereocenters. The van der Waals surface area contributed by atoms with Gasteiger partial charge >= 0.3 is 7.82 Å². The van der Waals surface area contributed by atoms with Gasteiger partial charge in [0.2, 0.25) is 0 Å². The zero-order valence-corrected chi connectivity index (χ0v) is 7.43. The molecule has 3 N–H and O–H groups in total. The largest absolute Gasteiger partial charge is 0.505 e. The highest BCUT2D eigenvalue weighted by atomic mass is 31.2. The van der Waals surface area contributed by atoms with Crippen molar-refractivity contribution >= 4 is 7.82 Å². The molecular formula is C4H13N2O4P. The SMILES string of the molecule is CCNOP(=O)(O)ONCC. The molecule has 7 heteroatoms. The molecule has 0 radical (unpaired) electrons. The van der Waals surface area contributed by atoms with Gasteiger partial charge in [0, 0.05) is 13.1 Å². The lowest BCUT2D eigenvalue weighted by molar-refractivity contribution is 0.0654. The van der Waals surface area contributed by atoms with Gasteiger partial charge in [0.1, 0.15) is 0 Å². The molecule has 0 spiro atoms. The Balaban J connectivity index is 3.53. The molecule has 0 aromatic rings. The van der Waals surface area contributed by atoms with E-state index in [1.54, 1.807) is 13.8 Å². The van der Waals surface area contributed by atoms with Gasteiger partial charge in [-0.25, -0.2) is 4.57 Å². The summed E-state index contributed by atoms with van der Waals surface area (Å²) in [6.45, 7) is 4.32. The highest BCUT2D eigenvalue weighted by Crippen LogP contribution is 2.40.